The van der Waals surface area contributed by atoms with Gasteiger partial charge in [-0.25, -0.2) is 0 Å². The lowest BCUT2D eigenvalue weighted by molar-refractivity contribution is -0.136. The molecule has 4 nitrogen and oxygen atoms in total. The van der Waals surface area contributed by atoms with E-state index in [1.54, 1.807) is 31.4 Å². The number of benzene rings is 1. The zero-order chi connectivity index (χ0) is 12.5. The van der Waals surface area contributed by atoms with Gasteiger partial charge in [0.25, 0.3) is 0 Å². The molecule has 92 valence electrons. The van der Waals surface area contributed by atoms with E-state index >= 15 is 0 Å². The van der Waals surface area contributed by atoms with Gasteiger partial charge in [0.05, 0.1) is 7.11 Å². The minimum Gasteiger partial charge on any atom is -0.497 e. The average Bonchev–Trinajstić information content (AvgIpc) is 2.36. The van der Waals surface area contributed by atoms with Crippen molar-refractivity contribution < 1.29 is 14.6 Å². The van der Waals surface area contributed by atoms with Gasteiger partial charge in [0, 0.05) is 0 Å². The first-order chi connectivity index (χ1) is 8.08. The van der Waals surface area contributed by atoms with Crippen LogP contribution >= 0.6 is 0 Å². The summed E-state index contributed by atoms with van der Waals surface area (Å²) in [5, 5.41) is 9.62. The number of methoxy groups -OCH3 is 1. The highest BCUT2D eigenvalue weighted by Crippen LogP contribution is 2.33. The molecule has 0 unspecified atom stereocenters. The van der Waals surface area contributed by atoms with Gasteiger partial charge in [0.2, 0.25) is 0 Å². The summed E-state index contributed by atoms with van der Waals surface area (Å²) in [6.45, 7) is 0. The van der Waals surface area contributed by atoms with E-state index in [-0.39, 0.29) is 5.78 Å². The van der Waals surface area contributed by atoms with Crippen LogP contribution in [0, 0.1) is 0 Å². The molecule has 0 amide bonds. The Balaban J connectivity index is 2.32. The number of hydrogen-bond donors (Lipinski definition) is 2. The van der Waals surface area contributed by atoms with E-state index in [1.807, 2.05) is 0 Å². The number of ether oxygens (including phenoxy) is 1. The van der Waals surface area contributed by atoms with E-state index in [0.29, 0.717) is 12.8 Å². The van der Waals surface area contributed by atoms with Crippen LogP contribution in [0.25, 0.3) is 0 Å². The number of hydrogen-bond acceptors (Lipinski definition) is 4. The summed E-state index contributed by atoms with van der Waals surface area (Å²) >= 11 is 0. The van der Waals surface area contributed by atoms with Crippen molar-refractivity contribution in [3.05, 3.63) is 29.8 Å². The van der Waals surface area contributed by atoms with Crippen molar-refractivity contribution >= 4 is 5.78 Å². The average molecular weight is 235 g/mol. The Bertz CT molecular complexity index is 415. The molecule has 1 saturated carbocycles. The summed E-state index contributed by atoms with van der Waals surface area (Å²) in [4.78, 5) is 12.0. The van der Waals surface area contributed by atoms with E-state index in [4.69, 9.17) is 10.5 Å². The number of carbonyl (C=O) groups is 1. The molecule has 1 aliphatic rings. The molecule has 4 heteroatoms. The highest BCUT2D eigenvalue weighted by Gasteiger charge is 2.42. The number of ketones is 1. The predicted octanol–water partition coefficient (Wildman–Crippen LogP) is 0.963. The first-order valence-corrected chi connectivity index (χ1v) is 5.74. The molecule has 3 N–H and O–H groups in total. The van der Waals surface area contributed by atoms with Crippen LogP contribution in [0.15, 0.2) is 24.3 Å². The van der Waals surface area contributed by atoms with Crippen molar-refractivity contribution in [2.75, 3.05) is 7.11 Å². The second kappa shape index (κ2) is 4.47. The summed E-state index contributed by atoms with van der Waals surface area (Å²) in [6.07, 6.45) is 0.911. The lowest BCUT2D eigenvalue weighted by Gasteiger charge is -2.34. The SMILES string of the molecule is COc1ccc([C@@]2(N)CCC[C@H](O)C2=O)cc1. The topological polar surface area (TPSA) is 72.6 Å². The van der Waals surface area contributed by atoms with Crippen molar-refractivity contribution in [2.24, 2.45) is 5.73 Å². The number of carbonyl (C=O) groups excluding carboxylic acids is 1. The second-order valence-electron chi connectivity index (χ2n) is 4.47. The Kier molecular flexibility index (Phi) is 3.17. The summed E-state index contributed by atoms with van der Waals surface area (Å²) in [6, 6.07) is 7.12. The van der Waals surface area contributed by atoms with Crippen LogP contribution in [0.5, 0.6) is 5.75 Å². The first-order valence-electron chi connectivity index (χ1n) is 5.74. The van der Waals surface area contributed by atoms with Crippen LogP contribution in [0.4, 0.5) is 0 Å². The van der Waals surface area contributed by atoms with Gasteiger partial charge in [-0.1, -0.05) is 12.1 Å². The third-order valence-corrected chi connectivity index (χ3v) is 3.40. The van der Waals surface area contributed by atoms with E-state index < -0.39 is 11.6 Å². The fourth-order valence-electron chi connectivity index (χ4n) is 2.30. The molecule has 1 aliphatic carbocycles. The molecule has 1 aromatic carbocycles. The van der Waals surface area contributed by atoms with Crippen molar-refractivity contribution in [3.63, 3.8) is 0 Å². The van der Waals surface area contributed by atoms with Crippen LogP contribution in [0.1, 0.15) is 24.8 Å². The van der Waals surface area contributed by atoms with Crippen molar-refractivity contribution in [2.45, 2.75) is 30.9 Å². The molecule has 2 rings (SSSR count). The van der Waals surface area contributed by atoms with Gasteiger partial charge in [0.15, 0.2) is 5.78 Å². The molecule has 0 heterocycles. The summed E-state index contributed by atoms with van der Waals surface area (Å²) in [7, 11) is 1.59. The Labute approximate surface area is 100 Å². The molecule has 1 aromatic rings. The Morgan fingerprint density at radius 2 is 2.06 bits per heavy atom. The summed E-state index contributed by atoms with van der Waals surface area (Å²) < 4.78 is 5.06. The van der Waals surface area contributed by atoms with Gasteiger partial charge in [-0.2, -0.15) is 0 Å². The van der Waals surface area contributed by atoms with Crippen LogP contribution in [0.2, 0.25) is 0 Å². The number of Topliss-reactive ketones (excluding diaryl/α,β-unsaturated/α-hetero) is 1. The normalized spacial score (nSPS) is 29.1. The van der Waals surface area contributed by atoms with E-state index in [0.717, 1.165) is 17.7 Å². The van der Waals surface area contributed by atoms with E-state index in [9.17, 15) is 9.90 Å². The lowest BCUT2D eigenvalue weighted by atomic mass is 9.75. The highest BCUT2D eigenvalue weighted by atomic mass is 16.5. The first kappa shape index (κ1) is 12.1. The maximum absolute atomic E-state index is 12.0. The van der Waals surface area contributed by atoms with Crippen LogP contribution in [0.3, 0.4) is 0 Å². The van der Waals surface area contributed by atoms with Crippen molar-refractivity contribution in [1.82, 2.24) is 0 Å². The standard InChI is InChI=1S/C13H17NO3/c1-17-10-6-4-9(5-7-10)13(14)8-2-3-11(15)12(13)16/h4-7,11,15H,2-3,8,14H2,1H3/t11-,13-/m0/s1. The minimum absolute atomic E-state index is 0.283. The molecule has 0 radical (unpaired) electrons. The fourth-order valence-corrected chi connectivity index (χ4v) is 2.30. The van der Waals surface area contributed by atoms with Crippen LogP contribution in [-0.2, 0) is 10.3 Å². The number of nitrogens with two attached hydrogens (primary N) is 1. The Hall–Kier alpha value is -1.39. The minimum atomic E-state index is -1.05. The zero-order valence-corrected chi connectivity index (χ0v) is 9.85. The maximum atomic E-state index is 12.0. The van der Waals surface area contributed by atoms with Gasteiger partial charge < -0.3 is 15.6 Å². The Morgan fingerprint density at radius 3 is 2.65 bits per heavy atom. The highest BCUT2D eigenvalue weighted by molar-refractivity contribution is 5.93. The van der Waals surface area contributed by atoms with Gasteiger partial charge in [-0.3, -0.25) is 4.79 Å². The molecule has 0 bridgehead atoms. The molecule has 17 heavy (non-hydrogen) atoms. The quantitative estimate of drug-likeness (QED) is 0.801. The monoisotopic (exact) mass is 235 g/mol. The summed E-state index contributed by atoms with van der Waals surface area (Å²) in [5.41, 5.74) is 5.84. The lowest BCUT2D eigenvalue weighted by Crippen LogP contribution is -2.52. The fraction of sp³-hybridized carbons (Fsp3) is 0.462. The molecular weight excluding hydrogens is 218 g/mol. The van der Waals surface area contributed by atoms with E-state index in [1.165, 1.54) is 0 Å². The third-order valence-electron chi connectivity index (χ3n) is 3.40. The molecule has 0 aromatic heterocycles. The zero-order valence-electron chi connectivity index (χ0n) is 9.85. The van der Waals surface area contributed by atoms with Crippen molar-refractivity contribution in [3.8, 4) is 5.75 Å². The number of aliphatic hydroxyl groups is 1. The van der Waals surface area contributed by atoms with Gasteiger partial charge in [-0.05, 0) is 37.0 Å². The third kappa shape index (κ3) is 2.06. The predicted molar refractivity (Wildman–Crippen MR) is 63.7 cm³/mol. The van der Waals surface area contributed by atoms with Crippen molar-refractivity contribution in [1.29, 1.82) is 0 Å². The number of rotatable bonds is 2. The van der Waals surface area contributed by atoms with Gasteiger partial charge >= 0.3 is 0 Å². The van der Waals surface area contributed by atoms with Crippen LogP contribution < -0.4 is 10.5 Å². The molecule has 0 saturated heterocycles. The molecule has 2 atom stereocenters. The number of aliphatic hydroxyl groups excluding tert-OH is 1. The Morgan fingerprint density at radius 1 is 1.41 bits per heavy atom. The van der Waals surface area contributed by atoms with Crippen LogP contribution in [-0.4, -0.2) is 24.1 Å². The maximum Gasteiger partial charge on any atom is 0.185 e. The second-order valence-corrected chi connectivity index (χ2v) is 4.47. The largest absolute Gasteiger partial charge is 0.497 e. The van der Waals surface area contributed by atoms with Gasteiger partial charge in [0.1, 0.15) is 17.4 Å². The smallest absolute Gasteiger partial charge is 0.185 e. The molecular formula is C13H17NO3. The van der Waals surface area contributed by atoms with Gasteiger partial charge in [-0.15, -0.1) is 0 Å². The summed E-state index contributed by atoms with van der Waals surface area (Å²) in [5.74, 6) is 0.440. The molecule has 1 fully saturated rings. The molecule has 0 spiro atoms. The molecule has 0 aliphatic heterocycles. The van der Waals surface area contributed by atoms with E-state index in [2.05, 4.69) is 0 Å².